The van der Waals surface area contributed by atoms with E-state index in [0.29, 0.717) is 11.9 Å². The summed E-state index contributed by atoms with van der Waals surface area (Å²) in [5.74, 6) is 2.10. The first-order valence-corrected chi connectivity index (χ1v) is 7.40. The molecule has 1 heterocycles. The largest absolute Gasteiger partial charge is 0.384 e. The van der Waals surface area contributed by atoms with Crippen LogP contribution in [0, 0.1) is 0 Å². The Morgan fingerprint density at radius 2 is 1.85 bits per heavy atom. The first kappa shape index (κ1) is 16.7. The zero-order valence-electron chi connectivity index (χ0n) is 13.7. The Kier molecular flexibility index (Phi) is 5.74. The summed E-state index contributed by atoms with van der Waals surface area (Å²) < 4.78 is 0. The molecule has 5 nitrogen and oxygen atoms in total. The van der Waals surface area contributed by atoms with Crippen LogP contribution in [0.25, 0.3) is 0 Å². The summed E-state index contributed by atoms with van der Waals surface area (Å²) in [6.07, 6.45) is 0. The second-order valence-corrected chi connectivity index (χ2v) is 6.28. The predicted molar refractivity (Wildman–Crippen MR) is 86.0 cm³/mol. The van der Waals surface area contributed by atoms with Crippen molar-refractivity contribution in [1.29, 1.82) is 0 Å². The molecular weight excluding hydrogens is 250 g/mol. The van der Waals surface area contributed by atoms with Gasteiger partial charge in [-0.25, -0.2) is 9.97 Å². The molecular formula is C15H29N5. The lowest BCUT2D eigenvalue weighted by molar-refractivity contribution is 0.294. The Bertz CT molecular complexity index is 421. The molecule has 1 atom stereocenters. The van der Waals surface area contributed by atoms with E-state index in [1.807, 2.05) is 0 Å². The first-order valence-electron chi connectivity index (χ1n) is 7.40. The van der Waals surface area contributed by atoms with Gasteiger partial charge in [0.25, 0.3) is 0 Å². The standard InChI is InChI=1S/C15H29N5/c1-7-20(8-2)10-11(3)17-13-9-12(16)18-14(19-13)15(4,5)6/h9,11H,7-8,10H2,1-6H3,(H3,16,17,18,19). The van der Waals surface area contributed by atoms with Gasteiger partial charge in [0.15, 0.2) is 0 Å². The Hall–Kier alpha value is -1.36. The summed E-state index contributed by atoms with van der Waals surface area (Å²) in [4.78, 5) is 11.3. The van der Waals surface area contributed by atoms with Crippen molar-refractivity contribution < 1.29 is 0 Å². The molecule has 20 heavy (non-hydrogen) atoms. The van der Waals surface area contributed by atoms with Crippen LogP contribution in [-0.4, -0.2) is 40.5 Å². The van der Waals surface area contributed by atoms with E-state index < -0.39 is 0 Å². The summed E-state index contributed by atoms with van der Waals surface area (Å²) in [5.41, 5.74) is 5.78. The third kappa shape index (κ3) is 4.96. The van der Waals surface area contributed by atoms with Gasteiger partial charge in [-0.15, -0.1) is 0 Å². The van der Waals surface area contributed by atoms with E-state index in [2.05, 4.69) is 61.7 Å². The lowest BCUT2D eigenvalue weighted by Crippen LogP contribution is -2.35. The fourth-order valence-electron chi connectivity index (χ4n) is 2.04. The number of rotatable bonds is 6. The molecule has 0 bridgehead atoms. The van der Waals surface area contributed by atoms with E-state index in [-0.39, 0.29) is 5.41 Å². The molecule has 1 aromatic heterocycles. The van der Waals surface area contributed by atoms with Crippen molar-refractivity contribution in [2.75, 3.05) is 30.7 Å². The van der Waals surface area contributed by atoms with Crippen molar-refractivity contribution in [3.8, 4) is 0 Å². The summed E-state index contributed by atoms with van der Waals surface area (Å²) in [7, 11) is 0. The maximum Gasteiger partial charge on any atom is 0.138 e. The summed E-state index contributed by atoms with van der Waals surface area (Å²) in [5, 5.41) is 3.42. The van der Waals surface area contributed by atoms with Crippen LogP contribution in [-0.2, 0) is 5.41 Å². The maximum absolute atomic E-state index is 5.88. The average Bonchev–Trinajstić information content (AvgIpc) is 2.34. The number of aromatic nitrogens is 2. The normalized spacial score (nSPS) is 13.6. The third-order valence-corrected chi connectivity index (χ3v) is 3.24. The van der Waals surface area contributed by atoms with Gasteiger partial charge in [0, 0.05) is 24.1 Å². The molecule has 0 radical (unpaired) electrons. The van der Waals surface area contributed by atoms with Crippen molar-refractivity contribution in [3.63, 3.8) is 0 Å². The number of anilines is 2. The van der Waals surface area contributed by atoms with Gasteiger partial charge >= 0.3 is 0 Å². The number of hydrogen-bond acceptors (Lipinski definition) is 5. The quantitative estimate of drug-likeness (QED) is 0.837. The summed E-state index contributed by atoms with van der Waals surface area (Å²) >= 11 is 0. The van der Waals surface area contributed by atoms with Crippen LogP contribution >= 0.6 is 0 Å². The topological polar surface area (TPSA) is 67.1 Å². The van der Waals surface area contributed by atoms with Crippen LogP contribution in [0.5, 0.6) is 0 Å². The second-order valence-electron chi connectivity index (χ2n) is 6.28. The second kappa shape index (κ2) is 6.88. The van der Waals surface area contributed by atoms with Crippen LogP contribution < -0.4 is 11.1 Å². The molecule has 3 N–H and O–H groups in total. The zero-order valence-corrected chi connectivity index (χ0v) is 13.7. The smallest absolute Gasteiger partial charge is 0.138 e. The minimum atomic E-state index is -0.103. The van der Waals surface area contributed by atoms with Gasteiger partial charge in [0.05, 0.1) is 0 Å². The highest BCUT2D eigenvalue weighted by atomic mass is 15.2. The van der Waals surface area contributed by atoms with Crippen molar-refractivity contribution in [2.45, 2.75) is 53.0 Å². The van der Waals surface area contributed by atoms with Crippen molar-refractivity contribution in [1.82, 2.24) is 14.9 Å². The fourth-order valence-corrected chi connectivity index (χ4v) is 2.04. The zero-order chi connectivity index (χ0) is 15.3. The molecule has 0 amide bonds. The van der Waals surface area contributed by atoms with E-state index >= 15 is 0 Å². The summed E-state index contributed by atoms with van der Waals surface area (Å²) in [6, 6.07) is 2.12. The average molecular weight is 279 g/mol. The van der Waals surface area contributed by atoms with Gasteiger partial charge in [-0.1, -0.05) is 34.6 Å². The van der Waals surface area contributed by atoms with Gasteiger partial charge in [-0.3, -0.25) is 0 Å². The van der Waals surface area contributed by atoms with Gasteiger partial charge in [0.2, 0.25) is 0 Å². The van der Waals surface area contributed by atoms with Gasteiger partial charge in [-0.2, -0.15) is 0 Å². The molecule has 0 aliphatic rings. The van der Waals surface area contributed by atoms with Gasteiger partial charge in [-0.05, 0) is 20.0 Å². The minimum absolute atomic E-state index is 0.103. The van der Waals surface area contributed by atoms with E-state index in [4.69, 9.17) is 5.73 Å². The predicted octanol–water partition coefficient (Wildman–Crippen LogP) is 2.50. The SMILES string of the molecule is CCN(CC)CC(C)Nc1cc(N)nc(C(C)(C)C)n1. The van der Waals surface area contributed by atoms with Crippen LogP contribution in [0.2, 0.25) is 0 Å². The van der Waals surface area contributed by atoms with E-state index in [1.165, 1.54) is 0 Å². The fraction of sp³-hybridized carbons (Fsp3) is 0.733. The first-order chi connectivity index (χ1) is 9.26. The van der Waals surface area contributed by atoms with E-state index in [9.17, 15) is 0 Å². The molecule has 0 aliphatic carbocycles. The molecule has 0 saturated carbocycles. The molecule has 0 fully saturated rings. The molecule has 114 valence electrons. The summed E-state index contributed by atoms with van der Waals surface area (Å²) in [6.45, 7) is 15.9. The van der Waals surface area contributed by atoms with Crippen molar-refractivity contribution in [3.05, 3.63) is 11.9 Å². The van der Waals surface area contributed by atoms with E-state index in [0.717, 1.165) is 31.3 Å². The Balaban J connectivity index is 2.79. The van der Waals surface area contributed by atoms with Crippen molar-refractivity contribution >= 4 is 11.6 Å². The van der Waals surface area contributed by atoms with E-state index in [1.54, 1.807) is 6.07 Å². The number of nitrogen functional groups attached to an aromatic ring is 1. The van der Waals surface area contributed by atoms with Gasteiger partial charge < -0.3 is 16.0 Å². The van der Waals surface area contributed by atoms with Crippen LogP contribution in [0.4, 0.5) is 11.6 Å². The third-order valence-electron chi connectivity index (χ3n) is 3.24. The molecule has 0 saturated heterocycles. The highest BCUT2D eigenvalue weighted by molar-refractivity contribution is 5.45. The lowest BCUT2D eigenvalue weighted by Gasteiger charge is -2.24. The minimum Gasteiger partial charge on any atom is -0.384 e. The number of nitrogens with one attached hydrogen (secondary N) is 1. The number of nitrogens with zero attached hydrogens (tertiary/aromatic N) is 3. The lowest BCUT2D eigenvalue weighted by atomic mass is 9.96. The molecule has 0 spiro atoms. The van der Waals surface area contributed by atoms with Crippen LogP contribution in [0.1, 0.15) is 47.4 Å². The molecule has 1 unspecified atom stereocenters. The highest BCUT2D eigenvalue weighted by Gasteiger charge is 2.19. The number of nitrogens with two attached hydrogens (primary N) is 1. The number of likely N-dealkylation sites (N-methyl/N-ethyl adjacent to an activating group) is 1. The highest BCUT2D eigenvalue weighted by Crippen LogP contribution is 2.21. The Morgan fingerprint density at radius 3 is 2.35 bits per heavy atom. The van der Waals surface area contributed by atoms with Crippen molar-refractivity contribution in [2.24, 2.45) is 0 Å². The van der Waals surface area contributed by atoms with Crippen LogP contribution in [0.3, 0.4) is 0 Å². The molecule has 0 aromatic carbocycles. The van der Waals surface area contributed by atoms with Crippen LogP contribution in [0.15, 0.2) is 6.07 Å². The molecule has 1 aromatic rings. The monoisotopic (exact) mass is 279 g/mol. The number of hydrogen-bond donors (Lipinski definition) is 2. The Labute approximate surface area is 123 Å². The van der Waals surface area contributed by atoms with Gasteiger partial charge in [0.1, 0.15) is 17.5 Å². The maximum atomic E-state index is 5.88. The molecule has 0 aliphatic heterocycles. The Morgan fingerprint density at radius 1 is 1.25 bits per heavy atom. The molecule has 1 rings (SSSR count). The molecule has 5 heteroatoms.